The Bertz CT molecular complexity index is 972. The molecule has 0 saturated heterocycles. The maximum atomic E-state index is 11.4. The van der Waals surface area contributed by atoms with Gasteiger partial charge in [-0.2, -0.15) is 0 Å². The summed E-state index contributed by atoms with van der Waals surface area (Å²) in [5.74, 6) is 1.73. The van der Waals surface area contributed by atoms with Gasteiger partial charge in [-0.05, 0) is 86.2 Å². The zero-order valence-electron chi connectivity index (χ0n) is 17.9. The Morgan fingerprint density at radius 1 is 1.27 bits per heavy atom. The fourth-order valence-corrected chi connectivity index (χ4v) is 5.63. The van der Waals surface area contributed by atoms with E-state index < -0.39 is 0 Å². The Hall–Kier alpha value is -2.14. The molecule has 158 valence electrons. The van der Waals surface area contributed by atoms with Crippen LogP contribution in [0.15, 0.2) is 41.3 Å². The first kappa shape index (κ1) is 19.8. The molecule has 0 radical (unpaired) electrons. The molecule has 1 amide bonds. The molecule has 5 rings (SSSR count). The van der Waals surface area contributed by atoms with Gasteiger partial charge in [-0.1, -0.05) is 23.8 Å². The molecule has 30 heavy (non-hydrogen) atoms. The molecule has 3 aliphatic rings. The quantitative estimate of drug-likeness (QED) is 0.703. The van der Waals surface area contributed by atoms with Crippen molar-refractivity contribution in [2.45, 2.75) is 56.3 Å². The van der Waals surface area contributed by atoms with E-state index in [0.717, 1.165) is 36.3 Å². The maximum Gasteiger partial charge on any atom is 0.226 e. The molecule has 1 aliphatic heterocycles. The highest BCUT2D eigenvalue weighted by Gasteiger charge is 2.42. The maximum absolute atomic E-state index is 11.4. The van der Waals surface area contributed by atoms with Crippen molar-refractivity contribution in [3.63, 3.8) is 0 Å². The van der Waals surface area contributed by atoms with Crippen molar-refractivity contribution in [3.8, 4) is 5.75 Å². The van der Waals surface area contributed by atoms with Gasteiger partial charge in [-0.3, -0.25) is 9.52 Å². The van der Waals surface area contributed by atoms with Crippen LogP contribution in [0.2, 0.25) is 0 Å². The summed E-state index contributed by atoms with van der Waals surface area (Å²) in [7, 11) is 0. The largest absolute Gasteiger partial charge is 0.490 e. The number of nitrogens with one attached hydrogen (secondary N) is 1. The number of rotatable bonds is 4. The number of anilines is 1. The highest BCUT2D eigenvalue weighted by atomic mass is 32.2. The van der Waals surface area contributed by atoms with E-state index in [9.17, 15) is 4.79 Å². The number of hydrogen-bond acceptors (Lipinski definition) is 4. The van der Waals surface area contributed by atoms with Crippen LogP contribution in [0, 0.1) is 12.8 Å². The highest BCUT2D eigenvalue weighted by Crippen LogP contribution is 2.46. The summed E-state index contributed by atoms with van der Waals surface area (Å²) in [6, 6.07) is 13.3. The Morgan fingerprint density at radius 3 is 2.93 bits per heavy atom. The first-order chi connectivity index (χ1) is 14.5. The minimum absolute atomic E-state index is 0.0333. The lowest BCUT2D eigenvalue weighted by atomic mass is 9.69. The Balaban J connectivity index is 1.51. The van der Waals surface area contributed by atoms with Gasteiger partial charge >= 0.3 is 0 Å². The molecule has 1 saturated carbocycles. The van der Waals surface area contributed by atoms with Gasteiger partial charge in [0.2, 0.25) is 5.91 Å². The van der Waals surface area contributed by atoms with Crippen LogP contribution < -0.4 is 14.4 Å². The number of nitrogens with zero attached hydrogens (tertiary/aromatic N) is 1. The highest BCUT2D eigenvalue weighted by molar-refractivity contribution is 7.98. The van der Waals surface area contributed by atoms with Gasteiger partial charge in [0.25, 0.3) is 0 Å². The second kappa shape index (κ2) is 7.84. The topological polar surface area (TPSA) is 41.6 Å². The van der Waals surface area contributed by atoms with E-state index in [4.69, 9.17) is 4.74 Å². The standard InChI is InChI=1S/C25H30N2O2S/c1-17-5-9-22-20(12-17)4-3-11-25(22)15-27(14-19-6-7-19)23-13-21(30-26-18(2)28)8-10-24(23)29-16-25/h5,8-10,12-13,19H,3-4,6-7,11,14-16H2,1-2H3,(H,26,28). The van der Waals surface area contributed by atoms with Crippen molar-refractivity contribution >= 4 is 23.5 Å². The number of benzene rings is 2. The Morgan fingerprint density at radius 2 is 2.13 bits per heavy atom. The monoisotopic (exact) mass is 422 g/mol. The third-order valence-electron chi connectivity index (χ3n) is 6.69. The van der Waals surface area contributed by atoms with Gasteiger partial charge in [0.1, 0.15) is 5.75 Å². The lowest BCUT2D eigenvalue weighted by Gasteiger charge is -2.41. The van der Waals surface area contributed by atoms with Crippen LogP contribution in [-0.4, -0.2) is 25.6 Å². The van der Waals surface area contributed by atoms with Gasteiger partial charge < -0.3 is 9.64 Å². The van der Waals surface area contributed by atoms with Crippen molar-refractivity contribution in [2.75, 3.05) is 24.6 Å². The van der Waals surface area contributed by atoms with Gasteiger partial charge in [0.05, 0.1) is 12.3 Å². The van der Waals surface area contributed by atoms with E-state index >= 15 is 0 Å². The molecule has 5 heteroatoms. The van der Waals surface area contributed by atoms with Crippen molar-refractivity contribution in [1.82, 2.24) is 4.72 Å². The molecule has 4 nitrogen and oxygen atoms in total. The van der Waals surface area contributed by atoms with Gasteiger partial charge in [0.15, 0.2) is 0 Å². The van der Waals surface area contributed by atoms with E-state index in [0.29, 0.717) is 0 Å². The number of carbonyl (C=O) groups is 1. The van der Waals surface area contributed by atoms with Gasteiger partial charge in [-0.25, -0.2) is 0 Å². The molecule has 0 aromatic heterocycles. The summed E-state index contributed by atoms with van der Waals surface area (Å²) >= 11 is 1.38. The lowest BCUT2D eigenvalue weighted by molar-refractivity contribution is -0.117. The molecule has 1 heterocycles. The SMILES string of the molecule is CC(=O)NSc1ccc2c(c1)N(CC1CC1)CC1(CCCc3cc(C)ccc31)CO2. The summed E-state index contributed by atoms with van der Waals surface area (Å²) < 4.78 is 9.35. The molecule has 1 fully saturated rings. The fraction of sp³-hybridized carbons (Fsp3) is 0.480. The van der Waals surface area contributed by atoms with E-state index in [1.165, 1.54) is 66.4 Å². The van der Waals surface area contributed by atoms with Crippen LogP contribution in [0.5, 0.6) is 5.75 Å². The number of amides is 1. The first-order valence-electron chi connectivity index (χ1n) is 11.1. The van der Waals surface area contributed by atoms with E-state index in [1.54, 1.807) is 6.92 Å². The molecule has 1 spiro atoms. The summed E-state index contributed by atoms with van der Waals surface area (Å²) in [6.45, 7) is 6.56. The Labute approximate surface area is 183 Å². The third kappa shape index (κ3) is 3.92. The zero-order valence-corrected chi connectivity index (χ0v) is 18.7. The van der Waals surface area contributed by atoms with E-state index in [1.807, 2.05) is 6.07 Å². The van der Waals surface area contributed by atoms with E-state index in [-0.39, 0.29) is 11.3 Å². The number of carbonyl (C=O) groups excluding carboxylic acids is 1. The lowest BCUT2D eigenvalue weighted by Crippen LogP contribution is -2.46. The molecule has 1 atom stereocenters. The zero-order chi connectivity index (χ0) is 20.7. The number of hydrogen-bond donors (Lipinski definition) is 1. The first-order valence-corrected chi connectivity index (χ1v) is 11.9. The summed E-state index contributed by atoms with van der Waals surface area (Å²) in [6.07, 6.45) is 6.22. The average Bonchev–Trinajstić information content (AvgIpc) is 3.55. The molecule has 1 N–H and O–H groups in total. The smallest absolute Gasteiger partial charge is 0.226 e. The normalized spacial score (nSPS) is 22.7. The second-order valence-electron chi connectivity index (χ2n) is 9.30. The van der Waals surface area contributed by atoms with Crippen molar-refractivity contribution in [3.05, 3.63) is 53.1 Å². The molecular formula is C25H30N2O2S. The van der Waals surface area contributed by atoms with Crippen LogP contribution in [0.1, 0.15) is 49.3 Å². The minimum atomic E-state index is -0.0333. The molecule has 1 unspecified atom stereocenters. The second-order valence-corrected chi connectivity index (χ2v) is 10.2. The third-order valence-corrected chi connectivity index (χ3v) is 7.57. The number of ether oxygens (including phenoxy) is 1. The minimum Gasteiger partial charge on any atom is -0.490 e. The summed E-state index contributed by atoms with van der Waals surface area (Å²) in [5.41, 5.74) is 5.55. The predicted molar refractivity (Wildman–Crippen MR) is 122 cm³/mol. The average molecular weight is 423 g/mol. The van der Waals surface area contributed by atoms with Crippen LogP contribution >= 0.6 is 11.9 Å². The van der Waals surface area contributed by atoms with Crippen LogP contribution in [0.4, 0.5) is 5.69 Å². The van der Waals surface area contributed by atoms with Crippen molar-refractivity contribution < 1.29 is 9.53 Å². The predicted octanol–water partition coefficient (Wildman–Crippen LogP) is 5.02. The molecule has 2 aliphatic carbocycles. The molecular weight excluding hydrogens is 392 g/mol. The summed E-state index contributed by atoms with van der Waals surface area (Å²) in [4.78, 5) is 15.0. The van der Waals surface area contributed by atoms with Gasteiger partial charge in [-0.15, -0.1) is 0 Å². The van der Waals surface area contributed by atoms with Crippen molar-refractivity contribution in [1.29, 1.82) is 0 Å². The molecule has 0 bridgehead atoms. The number of aryl methyl sites for hydroxylation is 2. The van der Waals surface area contributed by atoms with Gasteiger partial charge in [0, 0.05) is 30.3 Å². The van der Waals surface area contributed by atoms with Crippen LogP contribution in [0.3, 0.4) is 0 Å². The van der Waals surface area contributed by atoms with E-state index in [2.05, 4.69) is 46.9 Å². The van der Waals surface area contributed by atoms with Crippen molar-refractivity contribution in [2.24, 2.45) is 5.92 Å². The Kier molecular flexibility index (Phi) is 5.18. The fourth-order valence-electron chi connectivity index (χ4n) is 5.06. The van der Waals surface area contributed by atoms with Crippen LogP contribution in [-0.2, 0) is 16.6 Å². The number of fused-ring (bicyclic) bond motifs is 3. The van der Waals surface area contributed by atoms with Crippen LogP contribution in [0.25, 0.3) is 0 Å². The summed E-state index contributed by atoms with van der Waals surface area (Å²) in [5, 5.41) is 0. The molecule has 2 aromatic carbocycles. The molecule has 2 aromatic rings.